The normalized spacial score (nSPS) is 15.4. The number of anilines is 1. The van der Waals surface area contributed by atoms with Gasteiger partial charge in [0.25, 0.3) is 5.91 Å². The Morgan fingerprint density at radius 2 is 2.04 bits per heavy atom. The van der Waals surface area contributed by atoms with Gasteiger partial charge in [-0.2, -0.15) is 0 Å². The third kappa shape index (κ3) is 4.69. The van der Waals surface area contributed by atoms with Gasteiger partial charge in [-0.05, 0) is 42.8 Å². The molecule has 0 fully saturated rings. The minimum absolute atomic E-state index is 0.128. The zero-order valence-corrected chi connectivity index (χ0v) is 16.2. The number of nitrogens with zero attached hydrogens (tertiary/aromatic N) is 1. The Labute approximate surface area is 166 Å². The van der Waals surface area contributed by atoms with Crippen LogP contribution in [0.15, 0.2) is 47.4 Å². The zero-order chi connectivity index (χ0) is 20.3. The van der Waals surface area contributed by atoms with Gasteiger partial charge in [0.05, 0.1) is 16.5 Å². The fourth-order valence-electron chi connectivity index (χ4n) is 2.65. The van der Waals surface area contributed by atoms with E-state index in [0.29, 0.717) is 11.3 Å². The van der Waals surface area contributed by atoms with Crippen molar-refractivity contribution in [2.75, 3.05) is 19.0 Å². The van der Waals surface area contributed by atoms with Gasteiger partial charge in [-0.1, -0.05) is 12.1 Å². The molecule has 1 atom stereocenters. The summed E-state index contributed by atoms with van der Waals surface area (Å²) in [6, 6.07) is 10.8. The van der Waals surface area contributed by atoms with Crippen molar-refractivity contribution in [3.05, 3.63) is 59.4 Å². The van der Waals surface area contributed by atoms with E-state index >= 15 is 0 Å². The van der Waals surface area contributed by atoms with E-state index in [2.05, 4.69) is 5.32 Å². The first-order chi connectivity index (χ1) is 13.3. The predicted octanol–water partition coefficient (Wildman–Crippen LogP) is 3.07. The van der Waals surface area contributed by atoms with Crippen LogP contribution in [0.5, 0.6) is 0 Å². The molecule has 0 spiro atoms. The van der Waals surface area contributed by atoms with Crippen molar-refractivity contribution in [2.24, 2.45) is 0 Å². The Balaban J connectivity index is 1.57. The van der Waals surface area contributed by atoms with Crippen LogP contribution < -0.4 is 5.32 Å². The number of halogens is 1. The van der Waals surface area contributed by atoms with E-state index in [4.69, 9.17) is 4.74 Å². The van der Waals surface area contributed by atoms with E-state index in [0.717, 1.165) is 4.90 Å². The molecule has 0 unspecified atom stereocenters. The second-order valence-corrected chi connectivity index (χ2v) is 7.80. The van der Waals surface area contributed by atoms with E-state index in [1.165, 1.54) is 34.9 Å². The standard InChI is InChI=1S/C20H19FN2O4S/c1-12-19(25)22-16-9-14(6-7-17(16)28-12)20(26)27-11-18(24)23(2)10-13-4-3-5-15(21)8-13/h3-9,12H,10-11H2,1-2H3,(H,22,25)/t12-/m0/s1. The molecule has 0 radical (unpaired) electrons. The van der Waals surface area contributed by atoms with E-state index in [9.17, 15) is 18.8 Å². The van der Waals surface area contributed by atoms with Crippen LogP contribution >= 0.6 is 11.8 Å². The van der Waals surface area contributed by atoms with Crippen LogP contribution in [0.25, 0.3) is 0 Å². The van der Waals surface area contributed by atoms with E-state index < -0.39 is 18.5 Å². The lowest BCUT2D eigenvalue weighted by Crippen LogP contribution is -2.31. The number of hydrogen-bond donors (Lipinski definition) is 1. The molecule has 8 heteroatoms. The van der Waals surface area contributed by atoms with E-state index in [1.807, 2.05) is 0 Å². The quantitative estimate of drug-likeness (QED) is 0.778. The number of carbonyl (C=O) groups is 3. The summed E-state index contributed by atoms with van der Waals surface area (Å²) < 4.78 is 18.3. The zero-order valence-electron chi connectivity index (χ0n) is 15.4. The Kier molecular flexibility index (Phi) is 5.99. The molecular weight excluding hydrogens is 383 g/mol. The summed E-state index contributed by atoms with van der Waals surface area (Å²) in [6.07, 6.45) is 0. The molecule has 1 N–H and O–H groups in total. The smallest absolute Gasteiger partial charge is 0.338 e. The number of nitrogens with one attached hydrogen (secondary N) is 1. The van der Waals surface area contributed by atoms with Crippen molar-refractivity contribution in [2.45, 2.75) is 23.6 Å². The van der Waals surface area contributed by atoms with Crippen molar-refractivity contribution in [3.63, 3.8) is 0 Å². The number of ether oxygens (including phenoxy) is 1. The third-order valence-electron chi connectivity index (χ3n) is 4.21. The van der Waals surface area contributed by atoms with Gasteiger partial charge in [-0.25, -0.2) is 9.18 Å². The maximum atomic E-state index is 13.2. The van der Waals surface area contributed by atoms with Crippen molar-refractivity contribution < 1.29 is 23.5 Å². The number of rotatable bonds is 5. The van der Waals surface area contributed by atoms with Crippen LogP contribution in [-0.4, -0.2) is 41.6 Å². The SMILES string of the molecule is C[C@@H]1Sc2ccc(C(=O)OCC(=O)N(C)Cc3cccc(F)c3)cc2NC1=O. The lowest BCUT2D eigenvalue weighted by atomic mass is 10.2. The fraction of sp³-hybridized carbons (Fsp3) is 0.250. The average Bonchev–Trinajstić information content (AvgIpc) is 2.66. The summed E-state index contributed by atoms with van der Waals surface area (Å²) in [4.78, 5) is 38.4. The highest BCUT2D eigenvalue weighted by Gasteiger charge is 2.24. The first-order valence-corrected chi connectivity index (χ1v) is 9.48. The molecule has 0 aromatic heterocycles. The first-order valence-electron chi connectivity index (χ1n) is 8.60. The monoisotopic (exact) mass is 402 g/mol. The summed E-state index contributed by atoms with van der Waals surface area (Å²) in [5.41, 5.74) is 1.44. The van der Waals surface area contributed by atoms with Gasteiger partial charge in [0.15, 0.2) is 6.61 Å². The second-order valence-electron chi connectivity index (χ2n) is 6.42. The summed E-state index contributed by atoms with van der Waals surface area (Å²) in [7, 11) is 1.55. The van der Waals surface area contributed by atoms with Crippen LogP contribution in [0.4, 0.5) is 10.1 Å². The van der Waals surface area contributed by atoms with Gasteiger partial charge < -0.3 is 15.0 Å². The molecule has 6 nitrogen and oxygen atoms in total. The van der Waals surface area contributed by atoms with E-state index in [1.54, 1.807) is 38.2 Å². The van der Waals surface area contributed by atoms with Crippen LogP contribution in [0.1, 0.15) is 22.8 Å². The number of benzene rings is 2. The Bertz CT molecular complexity index is 934. The van der Waals surface area contributed by atoms with Gasteiger partial charge >= 0.3 is 5.97 Å². The molecule has 1 aliphatic heterocycles. The highest BCUT2D eigenvalue weighted by atomic mass is 32.2. The first kappa shape index (κ1) is 19.9. The lowest BCUT2D eigenvalue weighted by Gasteiger charge is -2.21. The molecule has 2 aromatic rings. The molecule has 2 amide bonds. The van der Waals surface area contributed by atoms with Crippen molar-refractivity contribution in [1.29, 1.82) is 0 Å². The summed E-state index contributed by atoms with van der Waals surface area (Å²) in [5.74, 6) is -1.57. The minimum atomic E-state index is -0.659. The highest BCUT2D eigenvalue weighted by molar-refractivity contribution is 8.00. The number of thioether (sulfide) groups is 1. The van der Waals surface area contributed by atoms with E-state index in [-0.39, 0.29) is 29.1 Å². The second kappa shape index (κ2) is 8.43. The van der Waals surface area contributed by atoms with Gasteiger partial charge in [-0.15, -0.1) is 11.8 Å². The molecule has 146 valence electrons. The molecular formula is C20H19FN2O4S. The van der Waals surface area contributed by atoms with Gasteiger partial charge in [0.1, 0.15) is 5.82 Å². The van der Waals surface area contributed by atoms with Crippen LogP contribution in [-0.2, 0) is 20.9 Å². The van der Waals surface area contributed by atoms with Crippen LogP contribution in [0, 0.1) is 5.82 Å². The molecule has 3 rings (SSSR count). The topological polar surface area (TPSA) is 75.7 Å². The predicted molar refractivity (Wildman–Crippen MR) is 104 cm³/mol. The third-order valence-corrected chi connectivity index (χ3v) is 5.38. The highest BCUT2D eigenvalue weighted by Crippen LogP contribution is 2.36. The summed E-state index contributed by atoms with van der Waals surface area (Å²) >= 11 is 1.41. The number of carbonyl (C=O) groups excluding carboxylic acids is 3. The number of likely N-dealkylation sites (N-methyl/N-ethyl adjacent to an activating group) is 1. The molecule has 0 saturated heterocycles. The average molecular weight is 402 g/mol. The molecule has 0 bridgehead atoms. The summed E-state index contributed by atoms with van der Waals surface area (Å²) in [5, 5.41) is 2.55. The molecule has 28 heavy (non-hydrogen) atoms. The number of fused-ring (bicyclic) bond motifs is 1. The van der Waals surface area contributed by atoms with Crippen LogP contribution in [0.3, 0.4) is 0 Å². The molecule has 2 aromatic carbocycles. The Morgan fingerprint density at radius 3 is 2.79 bits per heavy atom. The Hall–Kier alpha value is -2.87. The summed E-state index contributed by atoms with van der Waals surface area (Å²) in [6.45, 7) is 1.57. The minimum Gasteiger partial charge on any atom is -0.452 e. The number of amides is 2. The van der Waals surface area contributed by atoms with Gasteiger partial charge in [0.2, 0.25) is 5.91 Å². The molecule has 1 heterocycles. The van der Waals surface area contributed by atoms with Gasteiger partial charge in [-0.3, -0.25) is 9.59 Å². The Morgan fingerprint density at radius 1 is 1.25 bits per heavy atom. The number of esters is 1. The lowest BCUT2D eigenvalue weighted by molar-refractivity contribution is -0.133. The largest absolute Gasteiger partial charge is 0.452 e. The van der Waals surface area contributed by atoms with Crippen LogP contribution in [0.2, 0.25) is 0 Å². The molecule has 0 aliphatic carbocycles. The maximum Gasteiger partial charge on any atom is 0.338 e. The number of hydrogen-bond acceptors (Lipinski definition) is 5. The molecule has 1 aliphatic rings. The maximum absolute atomic E-state index is 13.2. The van der Waals surface area contributed by atoms with Crippen molar-refractivity contribution >= 4 is 35.2 Å². The molecule has 0 saturated carbocycles. The fourth-order valence-corrected chi connectivity index (χ4v) is 3.58. The van der Waals surface area contributed by atoms with Gasteiger partial charge in [0, 0.05) is 18.5 Å². The van der Waals surface area contributed by atoms with Crippen molar-refractivity contribution in [1.82, 2.24) is 4.90 Å². The van der Waals surface area contributed by atoms with Crippen molar-refractivity contribution in [3.8, 4) is 0 Å².